The second kappa shape index (κ2) is 7.04. The van der Waals surface area contributed by atoms with Gasteiger partial charge in [-0.05, 0) is 37.1 Å². The van der Waals surface area contributed by atoms with Gasteiger partial charge in [0.2, 0.25) is 0 Å². The molecule has 1 aromatic carbocycles. The van der Waals surface area contributed by atoms with Gasteiger partial charge in [0.1, 0.15) is 0 Å². The number of aromatic nitrogens is 3. The van der Waals surface area contributed by atoms with Crippen LogP contribution in [0.3, 0.4) is 0 Å². The molecule has 0 aliphatic heterocycles. The maximum Gasteiger partial charge on any atom is 0.305 e. The third-order valence-electron chi connectivity index (χ3n) is 4.04. The molecular weight excluding hydrogens is 296 g/mol. The van der Waals surface area contributed by atoms with Crippen molar-refractivity contribution in [1.82, 2.24) is 20.3 Å². The molecule has 0 aliphatic carbocycles. The number of amides is 1. The number of carboxylic acid groups (broad SMARTS) is 1. The normalized spacial score (nSPS) is 11.2. The third-order valence-corrected chi connectivity index (χ3v) is 4.04. The summed E-state index contributed by atoms with van der Waals surface area (Å²) in [5.41, 5.74) is 0.542. The molecule has 1 heterocycles. The van der Waals surface area contributed by atoms with Gasteiger partial charge in [-0.3, -0.25) is 9.59 Å². The number of carboxylic acids is 1. The number of carbonyl (C=O) groups is 2. The van der Waals surface area contributed by atoms with Gasteiger partial charge < -0.3 is 10.4 Å². The molecule has 7 nitrogen and oxygen atoms in total. The van der Waals surface area contributed by atoms with E-state index in [1.807, 2.05) is 13.8 Å². The summed E-state index contributed by atoms with van der Waals surface area (Å²) in [6, 6.07) is 6.90. The highest BCUT2D eigenvalue weighted by Gasteiger charge is 2.31. The van der Waals surface area contributed by atoms with E-state index in [9.17, 15) is 9.59 Å². The van der Waals surface area contributed by atoms with Crippen LogP contribution in [0.1, 0.15) is 43.5 Å². The Morgan fingerprint density at radius 3 is 2.35 bits per heavy atom. The third kappa shape index (κ3) is 3.94. The van der Waals surface area contributed by atoms with E-state index < -0.39 is 11.5 Å². The predicted molar refractivity (Wildman–Crippen MR) is 84.4 cm³/mol. The number of rotatable bonds is 7. The second-order valence-corrected chi connectivity index (χ2v) is 5.41. The first-order valence-corrected chi connectivity index (χ1v) is 7.50. The molecule has 2 rings (SSSR count). The van der Waals surface area contributed by atoms with Gasteiger partial charge in [0, 0.05) is 5.56 Å². The van der Waals surface area contributed by atoms with Gasteiger partial charge in [0.05, 0.1) is 30.0 Å². The summed E-state index contributed by atoms with van der Waals surface area (Å²) < 4.78 is 1.59. The molecule has 1 aromatic heterocycles. The predicted octanol–water partition coefficient (Wildman–Crippen LogP) is 2.03. The minimum Gasteiger partial charge on any atom is -0.481 e. The van der Waals surface area contributed by atoms with Gasteiger partial charge in [-0.15, -0.1) is 5.10 Å². The average molecular weight is 316 g/mol. The van der Waals surface area contributed by atoms with Crippen molar-refractivity contribution in [2.45, 2.75) is 38.6 Å². The Morgan fingerprint density at radius 1 is 1.22 bits per heavy atom. The second-order valence-electron chi connectivity index (χ2n) is 5.41. The smallest absolute Gasteiger partial charge is 0.305 e. The Balaban J connectivity index is 2.14. The monoisotopic (exact) mass is 316 g/mol. The number of nitrogens with zero attached hydrogens (tertiary/aromatic N) is 3. The molecule has 7 heteroatoms. The first kappa shape index (κ1) is 16.7. The Kier molecular flexibility index (Phi) is 5.10. The lowest BCUT2D eigenvalue weighted by molar-refractivity contribution is -0.138. The molecule has 0 aliphatic rings. The molecule has 2 N–H and O–H groups in total. The fourth-order valence-electron chi connectivity index (χ4n) is 2.43. The van der Waals surface area contributed by atoms with E-state index in [2.05, 4.69) is 15.6 Å². The highest BCUT2D eigenvalue weighted by atomic mass is 16.4. The molecule has 0 spiro atoms. The molecule has 2 aromatic rings. The summed E-state index contributed by atoms with van der Waals surface area (Å²) in [4.78, 5) is 23.5. The van der Waals surface area contributed by atoms with E-state index >= 15 is 0 Å². The molecular formula is C16H20N4O3. The van der Waals surface area contributed by atoms with E-state index in [-0.39, 0.29) is 12.3 Å². The Morgan fingerprint density at radius 2 is 1.87 bits per heavy atom. The van der Waals surface area contributed by atoms with Crippen LogP contribution in [-0.4, -0.2) is 37.5 Å². The Hall–Kier alpha value is -2.70. The van der Waals surface area contributed by atoms with Crippen LogP contribution < -0.4 is 5.32 Å². The van der Waals surface area contributed by atoms with Crippen molar-refractivity contribution < 1.29 is 14.7 Å². The van der Waals surface area contributed by atoms with Crippen LogP contribution in [0.15, 0.2) is 36.7 Å². The van der Waals surface area contributed by atoms with Gasteiger partial charge in [0.15, 0.2) is 0 Å². The number of aliphatic carboxylic acids is 1. The fraction of sp³-hybridized carbons (Fsp3) is 0.375. The van der Waals surface area contributed by atoms with E-state index in [0.29, 0.717) is 18.4 Å². The maximum atomic E-state index is 12.4. The SMILES string of the molecule is CCC(CC)(CC(=O)O)NC(=O)c1ccc(-n2ccnn2)cc1. The zero-order valence-electron chi connectivity index (χ0n) is 13.2. The van der Waals surface area contributed by atoms with E-state index in [1.165, 1.54) is 0 Å². The van der Waals surface area contributed by atoms with Crippen molar-refractivity contribution in [2.24, 2.45) is 0 Å². The zero-order valence-corrected chi connectivity index (χ0v) is 13.2. The van der Waals surface area contributed by atoms with Crippen LogP contribution >= 0.6 is 0 Å². The highest BCUT2D eigenvalue weighted by Crippen LogP contribution is 2.21. The highest BCUT2D eigenvalue weighted by molar-refractivity contribution is 5.95. The number of hydrogen-bond acceptors (Lipinski definition) is 4. The van der Waals surface area contributed by atoms with Crippen LogP contribution in [-0.2, 0) is 4.79 Å². The lowest BCUT2D eigenvalue weighted by Gasteiger charge is -2.31. The van der Waals surface area contributed by atoms with Crippen LogP contribution in [0.2, 0.25) is 0 Å². The molecule has 0 saturated carbocycles. The summed E-state index contributed by atoms with van der Waals surface area (Å²) in [6.07, 6.45) is 4.30. The van der Waals surface area contributed by atoms with Crippen molar-refractivity contribution in [2.75, 3.05) is 0 Å². The summed E-state index contributed by atoms with van der Waals surface area (Å²) in [5.74, 6) is -1.20. The summed E-state index contributed by atoms with van der Waals surface area (Å²) >= 11 is 0. The largest absolute Gasteiger partial charge is 0.481 e. The van der Waals surface area contributed by atoms with E-state index in [0.717, 1.165) is 5.69 Å². The lowest BCUT2D eigenvalue weighted by atomic mass is 9.88. The molecule has 23 heavy (non-hydrogen) atoms. The average Bonchev–Trinajstić information content (AvgIpc) is 3.08. The minimum absolute atomic E-state index is 0.0945. The van der Waals surface area contributed by atoms with Crippen LogP contribution in [0, 0.1) is 0 Å². The van der Waals surface area contributed by atoms with Gasteiger partial charge in [0.25, 0.3) is 5.91 Å². The standard InChI is InChI=1S/C16H20N4O3/c1-3-16(4-2,11-14(21)22)18-15(23)12-5-7-13(8-6-12)20-10-9-17-19-20/h5-10H,3-4,11H2,1-2H3,(H,18,23)(H,21,22). The summed E-state index contributed by atoms with van der Waals surface area (Å²) in [7, 11) is 0. The number of nitrogens with one attached hydrogen (secondary N) is 1. The fourth-order valence-corrected chi connectivity index (χ4v) is 2.43. The quantitative estimate of drug-likeness (QED) is 0.814. The molecule has 0 radical (unpaired) electrons. The van der Waals surface area contributed by atoms with Gasteiger partial charge in [-0.1, -0.05) is 19.1 Å². The molecule has 0 atom stereocenters. The summed E-state index contributed by atoms with van der Waals surface area (Å²) in [6.45, 7) is 3.75. The van der Waals surface area contributed by atoms with Crippen molar-refractivity contribution in [3.63, 3.8) is 0 Å². The first-order valence-electron chi connectivity index (χ1n) is 7.50. The molecule has 0 fully saturated rings. The van der Waals surface area contributed by atoms with Gasteiger partial charge in [-0.2, -0.15) is 0 Å². The van der Waals surface area contributed by atoms with Gasteiger partial charge >= 0.3 is 5.97 Å². The molecule has 122 valence electrons. The molecule has 0 unspecified atom stereocenters. The topological polar surface area (TPSA) is 97.1 Å². The Bertz CT molecular complexity index is 661. The van der Waals surface area contributed by atoms with Crippen molar-refractivity contribution in [1.29, 1.82) is 0 Å². The van der Waals surface area contributed by atoms with Crippen molar-refractivity contribution >= 4 is 11.9 Å². The molecule has 0 bridgehead atoms. The van der Waals surface area contributed by atoms with Gasteiger partial charge in [-0.25, -0.2) is 4.68 Å². The molecule has 1 amide bonds. The first-order chi connectivity index (χ1) is 11.0. The van der Waals surface area contributed by atoms with Crippen molar-refractivity contribution in [3.05, 3.63) is 42.2 Å². The van der Waals surface area contributed by atoms with Crippen LogP contribution in [0.5, 0.6) is 0 Å². The Labute approximate surface area is 134 Å². The minimum atomic E-state index is -0.921. The number of carbonyl (C=O) groups excluding carboxylic acids is 1. The van der Waals surface area contributed by atoms with E-state index in [1.54, 1.807) is 41.3 Å². The number of benzene rings is 1. The molecule has 0 saturated heterocycles. The van der Waals surface area contributed by atoms with Crippen molar-refractivity contribution in [3.8, 4) is 5.69 Å². The summed E-state index contributed by atoms with van der Waals surface area (Å²) in [5, 5.41) is 19.6. The van der Waals surface area contributed by atoms with E-state index in [4.69, 9.17) is 5.11 Å². The number of hydrogen-bond donors (Lipinski definition) is 2. The lowest BCUT2D eigenvalue weighted by Crippen LogP contribution is -2.49. The van der Waals surface area contributed by atoms with Crippen LogP contribution in [0.4, 0.5) is 0 Å². The zero-order chi connectivity index (χ0) is 16.9. The maximum absolute atomic E-state index is 12.4. The van der Waals surface area contributed by atoms with Crippen LogP contribution in [0.25, 0.3) is 5.69 Å².